The molecule has 0 aliphatic carbocycles. The highest BCUT2D eigenvalue weighted by molar-refractivity contribution is 8.12. The molecule has 0 spiro atoms. The fraction of sp³-hybridized carbons (Fsp3) is 0.400. The van der Waals surface area contributed by atoms with Gasteiger partial charge in [-0.25, -0.2) is 4.99 Å². The summed E-state index contributed by atoms with van der Waals surface area (Å²) < 4.78 is 5.78. The maximum absolute atomic E-state index is 5.78. The van der Waals surface area contributed by atoms with E-state index in [1.165, 1.54) is 11.1 Å². The summed E-state index contributed by atoms with van der Waals surface area (Å²) in [6.07, 6.45) is 4.45. The SMILES string of the molecule is CCCOC(=Nc1cccnc1)SCc1ccc(C(C)(C)C)cc1. The van der Waals surface area contributed by atoms with Crippen molar-refractivity contribution in [3.63, 3.8) is 0 Å². The van der Waals surface area contributed by atoms with E-state index in [9.17, 15) is 0 Å². The highest BCUT2D eigenvalue weighted by Gasteiger charge is 2.13. The molecule has 24 heavy (non-hydrogen) atoms. The molecule has 0 aliphatic heterocycles. The second-order valence-electron chi connectivity index (χ2n) is 6.67. The minimum atomic E-state index is 0.183. The van der Waals surface area contributed by atoms with Crippen molar-refractivity contribution in [2.75, 3.05) is 6.61 Å². The number of thioether (sulfide) groups is 1. The molecule has 0 aliphatic rings. The lowest BCUT2D eigenvalue weighted by Gasteiger charge is -2.19. The Labute approximate surface area is 149 Å². The molecular weight excluding hydrogens is 316 g/mol. The van der Waals surface area contributed by atoms with Crippen LogP contribution in [0.3, 0.4) is 0 Å². The fourth-order valence-corrected chi connectivity index (χ4v) is 2.89. The molecule has 3 nitrogen and oxygen atoms in total. The van der Waals surface area contributed by atoms with E-state index in [2.05, 4.69) is 61.9 Å². The van der Waals surface area contributed by atoms with Crippen molar-refractivity contribution < 1.29 is 4.74 Å². The zero-order chi connectivity index (χ0) is 17.4. The highest BCUT2D eigenvalue weighted by Crippen LogP contribution is 2.24. The average Bonchev–Trinajstić information content (AvgIpc) is 2.58. The maximum Gasteiger partial charge on any atom is 0.251 e. The van der Waals surface area contributed by atoms with Gasteiger partial charge in [-0.05, 0) is 35.1 Å². The van der Waals surface area contributed by atoms with E-state index >= 15 is 0 Å². The molecule has 0 unspecified atom stereocenters. The van der Waals surface area contributed by atoms with Gasteiger partial charge in [-0.15, -0.1) is 0 Å². The topological polar surface area (TPSA) is 34.5 Å². The molecule has 0 amide bonds. The summed E-state index contributed by atoms with van der Waals surface area (Å²) in [6, 6.07) is 12.6. The molecule has 0 saturated carbocycles. The minimum absolute atomic E-state index is 0.183. The zero-order valence-electron chi connectivity index (χ0n) is 15.0. The second kappa shape index (κ2) is 8.88. The van der Waals surface area contributed by atoms with Gasteiger partial charge in [-0.1, -0.05) is 63.7 Å². The number of aromatic nitrogens is 1. The van der Waals surface area contributed by atoms with Gasteiger partial charge in [0.1, 0.15) is 0 Å². The number of hydrogen-bond donors (Lipinski definition) is 0. The Hall–Kier alpha value is -1.81. The van der Waals surface area contributed by atoms with Gasteiger partial charge in [-0.2, -0.15) is 0 Å². The van der Waals surface area contributed by atoms with Crippen molar-refractivity contribution >= 4 is 22.7 Å². The van der Waals surface area contributed by atoms with Crippen molar-refractivity contribution in [1.29, 1.82) is 0 Å². The van der Waals surface area contributed by atoms with E-state index in [0.29, 0.717) is 11.8 Å². The molecule has 1 heterocycles. The molecule has 0 fully saturated rings. The summed E-state index contributed by atoms with van der Waals surface area (Å²) in [5, 5.41) is 0.699. The molecule has 0 saturated heterocycles. The summed E-state index contributed by atoms with van der Waals surface area (Å²) in [4.78, 5) is 8.66. The summed E-state index contributed by atoms with van der Waals surface area (Å²) in [5.74, 6) is 0.841. The molecule has 2 rings (SSSR count). The number of benzene rings is 1. The normalized spacial score (nSPS) is 12.2. The Morgan fingerprint density at radius 3 is 2.50 bits per heavy atom. The van der Waals surface area contributed by atoms with Gasteiger partial charge in [0, 0.05) is 11.9 Å². The first-order chi connectivity index (χ1) is 11.5. The Bertz CT molecular complexity index is 646. The van der Waals surface area contributed by atoms with Crippen molar-refractivity contribution in [2.45, 2.75) is 45.3 Å². The summed E-state index contributed by atoms with van der Waals surface area (Å²) in [5.41, 5.74) is 3.62. The lowest BCUT2D eigenvalue weighted by atomic mass is 9.87. The van der Waals surface area contributed by atoms with Gasteiger partial charge in [0.05, 0.1) is 18.5 Å². The quantitative estimate of drug-likeness (QED) is 0.514. The Balaban J connectivity index is 2.03. The third-order valence-electron chi connectivity index (χ3n) is 3.48. The summed E-state index contributed by atoms with van der Waals surface area (Å²) >= 11 is 1.62. The van der Waals surface area contributed by atoms with Crippen LogP contribution in [0.2, 0.25) is 0 Å². The maximum atomic E-state index is 5.78. The van der Waals surface area contributed by atoms with Gasteiger partial charge >= 0.3 is 0 Å². The fourth-order valence-electron chi connectivity index (χ4n) is 2.07. The van der Waals surface area contributed by atoms with Crippen LogP contribution < -0.4 is 0 Å². The van der Waals surface area contributed by atoms with E-state index in [1.807, 2.05) is 12.1 Å². The lowest BCUT2D eigenvalue weighted by Crippen LogP contribution is -2.10. The zero-order valence-corrected chi connectivity index (χ0v) is 15.8. The molecule has 0 radical (unpaired) electrons. The molecule has 0 atom stereocenters. The smallest absolute Gasteiger partial charge is 0.251 e. The number of nitrogens with zero attached hydrogens (tertiary/aromatic N) is 2. The number of ether oxygens (including phenoxy) is 1. The Kier molecular flexibility index (Phi) is 6.85. The van der Waals surface area contributed by atoms with Gasteiger partial charge in [0.25, 0.3) is 5.23 Å². The molecule has 4 heteroatoms. The average molecular weight is 343 g/mol. The van der Waals surface area contributed by atoms with Gasteiger partial charge in [-0.3, -0.25) is 4.98 Å². The van der Waals surface area contributed by atoms with Crippen LogP contribution in [0.5, 0.6) is 0 Å². The van der Waals surface area contributed by atoms with Crippen LogP contribution in [0.25, 0.3) is 0 Å². The minimum Gasteiger partial charge on any atom is -0.473 e. The number of rotatable bonds is 5. The van der Waals surface area contributed by atoms with Crippen molar-refractivity contribution in [2.24, 2.45) is 4.99 Å². The molecule has 1 aromatic heterocycles. The summed E-state index contributed by atoms with van der Waals surface area (Å²) in [7, 11) is 0. The van der Waals surface area contributed by atoms with Crippen LogP contribution in [-0.4, -0.2) is 16.8 Å². The second-order valence-corrected chi connectivity index (χ2v) is 7.60. The van der Waals surface area contributed by atoms with E-state index < -0.39 is 0 Å². The van der Waals surface area contributed by atoms with Gasteiger partial charge in [0.15, 0.2) is 0 Å². The van der Waals surface area contributed by atoms with Crippen LogP contribution in [0, 0.1) is 0 Å². The van der Waals surface area contributed by atoms with E-state index in [1.54, 1.807) is 24.2 Å². The van der Waals surface area contributed by atoms with E-state index in [-0.39, 0.29) is 5.41 Å². The highest BCUT2D eigenvalue weighted by atomic mass is 32.2. The first-order valence-electron chi connectivity index (χ1n) is 8.33. The van der Waals surface area contributed by atoms with Crippen molar-refractivity contribution in [1.82, 2.24) is 4.98 Å². The largest absolute Gasteiger partial charge is 0.473 e. The summed E-state index contributed by atoms with van der Waals surface area (Å²) in [6.45, 7) is 9.46. The monoisotopic (exact) mass is 342 g/mol. The van der Waals surface area contributed by atoms with Crippen LogP contribution in [0.4, 0.5) is 5.69 Å². The predicted molar refractivity (Wildman–Crippen MR) is 104 cm³/mol. The van der Waals surface area contributed by atoms with Crippen molar-refractivity contribution in [3.05, 3.63) is 59.9 Å². The van der Waals surface area contributed by atoms with Gasteiger partial charge in [0.2, 0.25) is 0 Å². The lowest BCUT2D eigenvalue weighted by molar-refractivity contribution is 0.314. The number of aliphatic imine (C=N–C) groups is 1. The van der Waals surface area contributed by atoms with Crippen LogP contribution in [0.1, 0.15) is 45.2 Å². The van der Waals surface area contributed by atoms with E-state index in [4.69, 9.17) is 4.74 Å². The first-order valence-corrected chi connectivity index (χ1v) is 9.31. The molecule has 0 N–H and O–H groups in total. The molecule has 2 aromatic rings. The Morgan fingerprint density at radius 2 is 1.92 bits per heavy atom. The Morgan fingerprint density at radius 1 is 1.17 bits per heavy atom. The number of pyridine rings is 1. The third kappa shape index (κ3) is 6.00. The standard InChI is InChI=1S/C20H26N2OS/c1-5-13-23-19(22-18-7-6-12-21-14-18)24-15-16-8-10-17(11-9-16)20(2,3)4/h6-12,14H,5,13,15H2,1-4H3. The molecular formula is C20H26N2OS. The van der Waals surface area contributed by atoms with Crippen LogP contribution >= 0.6 is 11.8 Å². The van der Waals surface area contributed by atoms with E-state index in [0.717, 1.165) is 17.9 Å². The molecule has 0 bridgehead atoms. The molecule has 128 valence electrons. The first kappa shape index (κ1) is 18.5. The third-order valence-corrected chi connectivity index (χ3v) is 4.41. The van der Waals surface area contributed by atoms with Crippen molar-refractivity contribution in [3.8, 4) is 0 Å². The predicted octanol–water partition coefficient (Wildman–Crippen LogP) is 5.73. The van der Waals surface area contributed by atoms with Crippen LogP contribution in [-0.2, 0) is 15.9 Å². The van der Waals surface area contributed by atoms with Crippen LogP contribution in [0.15, 0.2) is 53.8 Å². The molecule has 1 aromatic carbocycles. The van der Waals surface area contributed by atoms with Gasteiger partial charge < -0.3 is 4.74 Å². The number of hydrogen-bond acceptors (Lipinski definition) is 4.